The van der Waals surface area contributed by atoms with Gasteiger partial charge in [0.1, 0.15) is 11.5 Å². The van der Waals surface area contributed by atoms with Crippen LogP contribution in [0.25, 0.3) is 0 Å². The Kier molecular flexibility index (Phi) is 7.70. The number of amides is 1. The Hall–Kier alpha value is -3.03. The average Bonchev–Trinajstić information content (AvgIpc) is 3.18. The number of ether oxygens (including phenoxy) is 1. The summed E-state index contributed by atoms with van der Waals surface area (Å²) in [6.45, 7) is 8.87. The van der Waals surface area contributed by atoms with E-state index in [0.717, 1.165) is 60.2 Å². The number of guanidine groups is 1. The molecule has 1 aliphatic heterocycles. The molecule has 1 aromatic heterocycles. The molecular formula is C22H31N5O3. The topological polar surface area (TPSA) is 92.0 Å². The fourth-order valence-corrected chi connectivity index (χ4v) is 3.46. The first kappa shape index (κ1) is 21.7. The van der Waals surface area contributed by atoms with Crippen LogP contribution in [0, 0.1) is 0 Å². The smallest absolute Gasteiger partial charge is 0.265 e. The minimum atomic E-state index is -0.0130. The van der Waals surface area contributed by atoms with Gasteiger partial charge in [-0.2, -0.15) is 0 Å². The minimum Gasteiger partial charge on any atom is -0.482 e. The predicted octanol–water partition coefficient (Wildman–Crippen LogP) is 2.67. The molecule has 0 unspecified atom stereocenters. The monoisotopic (exact) mass is 413 g/mol. The molecule has 0 radical (unpaired) electrons. The zero-order valence-electron chi connectivity index (χ0n) is 18.0. The number of hydrogen-bond acceptors (Lipinski definition) is 5. The highest BCUT2D eigenvalue weighted by Gasteiger charge is 2.24. The molecule has 3 rings (SSSR count). The molecule has 0 saturated heterocycles. The Morgan fingerprint density at radius 2 is 2.03 bits per heavy atom. The zero-order valence-corrected chi connectivity index (χ0v) is 18.0. The molecule has 162 valence electrons. The van der Waals surface area contributed by atoms with Crippen molar-refractivity contribution in [2.45, 2.75) is 46.6 Å². The van der Waals surface area contributed by atoms with Crippen LogP contribution in [0.5, 0.6) is 5.75 Å². The SMILES string of the molecule is CCNC(=NCc1c(CC)noc1CC)NCCCN1C(=O)COc2ccccc21. The van der Waals surface area contributed by atoms with Crippen LogP contribution in [0.4, 0.5) is 5.69 Å². The third-order valence-electron chi connectivity index (χ3n) is 5.01. The second-order valence-electron chi connectivity index (χ2n) is 7.02. The van der Waals surface area contributed by atoms with Gasteiger partial charge in [-0.05, 0) is 31.9 Å². The van der Waals surface area contributed by atoms with Crippen molar-refractivity contribution in [3.63, 3.8) is 0 Å². The fraction of sp³-hybridized carbons (Fsp3) is 0.500. The quantitative estimate of drug-likeness (QED) is 0.373. The molecule has 8 heteroatoms. The van der Waals surface area contributed by atoms with Gasteiger partial charge in [0, 0.05) is 31.6 Å². The molecule has 1 aromatic carbocycles. The first-order chi connectivity index (χ1) is 14.7. The molecule has 30 heavy (non-hydrogen) atoms. The van der Waals surface area contributed by atoms with Crippen LogP contribution in [0.3, 0.4) is 0 Å². The van der Waals surface area contributed by atoms with E-state index in [0.29, 0.717) is 19.6 Å². The summed E-state index contributed by atoms with van der Waals surface area (Å²) in [5, 5.41) is 10.8. The second kappa shape index (κ2) is 10.7. The Balaban J connectivity index is 1.56. The number of benzene rings is 1. The number of carbonyl (C=O) groups is 1. The molecule has 2 heterocycles. The molecule has 0 fully saturated rings. The Labute approximate surface area is 177 Å². The van der Waals surface area contributed by atoms with Crippen molar-refractivity contribution in [3.05, 3.63) is 41.3 Å². The van der Waals surface area contributed by atoms with E-state index in [-0.39, 0.29) is 12.5 Å². The summed E-state index contributed by atoms with van der Waals surface area (Å²) >= 11 is 0. The molecule has 0 aliphatic carbocycles. The maximum Gasteiger partial charge on any atom is 0.265 e. The summed E-state index contributed by atoms with van der Waals surface area (Å²) in [5.74, 6) is 2.39. The molecule has 8 nitrogen and oxygen atoms in total. The van der Waals surface area contributed by atoms with Crippen molar-refractivity contribution >= 4 is 17.6 Å². The van der Waals surface area contributed by atoms with Crippen molar-refractivity contribution in [1.29, 1.82) is 0 Å². The molecule has 0 spiro atoms. The second-order valence-corrected chi connectivity index (χ2v) is 7.02. The van der Waals surface area contributed by atoms with Crippen molar-refractivity contribution in [2.75, 3.05) is 31.1 Å². The minimum absolute atomic E-state index is 0.0130. The predicted molar refractivity (Wildman–Crippen MR) is 117 cm³/mol. The average molecular weight is 414 g/mol. The fourth-order valence-electron chi connectivity index (χ4n) is 3.46. The normalized spacial score (nSPS) is 13.8. The van der Waals surface area contributed by atoms with Crippen molar-refractivity contribution in [1.82, 2.24) is 15.8 Å². The number of aromatic nitrogens is 1. The van der Waals surface area contributed by atoms with Crippen LogP contribution in [-0.2, 0) is 24.2 Å². The van der Waals surface area contributed by atoms with E-state index < -0.39 is 0 Å². The Morgan fingerprint density at radius 1 is 1.20 bits per heavy atom. The van der Waals surface area contributed by atoms with Crippen LogP contribution in [0.2, 0.25) is 0 Å². The van der Waals surface area contributed by atoms with Gasteiger partial charge < -0.3 is 24.8 Å². The highest BCUT2D eigenvalue weighted by atomic mass is 16.5. The molecule has 1 amide bonds. The number of fused-ring (bicyclic) bond motifs is 1. The van der Waals surface area contributed by atoms with E-state index in [2.05, 4.69) is 29.6 Å². The summed E-state index contributed by atoms with van der Waals surface area (Å²) in [7, 11) is 0. The Morgan fingerprint density at radius 3 is 2.80 bits per heavy atom. The number of aliphatic imine (C=N–C) groups is 1. The van der Waals surface area contributed by atoms with Crippen LogP contribution in [-0.4, -0.2) is 43.3 Å². The van der Waals surface area contributed by atoms with Crippen molar-refractivity contribution in [2.24, 2.45) is 4.99 Å². The summed E-state index contributed by atoms with van der Waals surface area (Å²) in [6.07, 6.45) is 2.42. The summed E-state index contributed by atoms with van der Waals surface area (Å²) in [6, 6.07) is 7.64. The van der Waals surface area contributed by atoms with Gasteiger partial charge in [0.25, 0.3) is 5.91 Å². The molecule has 2 N–H and O–H groups in total. The van der Waals surface area contributed by atoms with E-state index in [1.165, 1.54) is 0 Å². The molecule has 0 bridgehead atoms. The lowest BCUT2D eigenvalue weighted by molar-refractivity contribution is -0.121. The zero-order chi connectivity index (χ0) is 21.3. The number of rotatable bonds is 9. The van der Waals surface area contributed by atoms with E-state index in [4.69, 9.17) is 14.3 Å². The van der Waals surface area contributed by atoms with E-state index in [1.54, 1.807) is 4.90 Å². The van der Waals surface area contributed by atoms with Crippen LogP contribution < -0.4 is 20.3 Å². The summed E-state index contributed by atoms with van der Waals surface area (Å²) in [4.78, 5) is 18.8. The lowest BCUT2D eigenvalue weighted by Crippen LogP contribution is -2.42. The van der Waals surface area contributed by atoms with Gasteiger partial charge in [0.05, 0.1) is 17.9 Å². The summed E-state index contributed by atoms with van der Waals surface area (Å²) < 4.78 is 10.9. The molecular weight excluding hydrogens is 382 g/mol. The number of nitrogens with zero attached hydrogens (tertiary/aromatic N) is 3. The largest absolute Gasteiger partial charge is 0.482 e. The molecule has 2 aromatic rings. The number of aryl methyl sites for hydroxylation is 2. The number of hydrogen-bond donors (Lipinski definition) is 2. The van der Waals surface area contributed by atoms with Crippen LogP contribution in [0.15, 0.2) is 33.8 Å². The van der Waals surface area contributed by atoms with Gasteiger partial charge >= 0.3 is 0 Å². The lowest BCUT2D eigenvalue weighted by atomic mass is 10.1. The third-order valence-corrected chi connectivity index (χ3v) is 5.01. The van der Waals surface area contributed by atoms with Gasteiger partial charge in [0.15, 0.2) is 12.6 Å². The molecule has 1 aliphatic rings. The standard InChI is InChI=1S/C22H31N5O3/c1-4-17-16(19(5-2)30-26-17)14-25-22(23-6-3)24-12-9-13-27-18-10-7-8-11-20(18)29-15-21(27)28/h7-8,10-11H,4-6,9,12-15H2,1-3H3,(H2,23,24,25). The van der Waals surface area contributed by atoms with Gasteiger partial charge in [-0.1, -0.05) is 31.1 Å². The van der Waals surface area contributed by atoms with Gasteiger partial charge in [-0.15, -0.1) is 0 Å². The number of anilines is 1. The third kappa shape index (κ3) is 5.11. The molecule has 0 atom stereocenters. The highest BCUT2D eigenvalue weighted by Crippen LogP contribution is 2.31. The Bertz CT molecular complexity index is 856. The summed E-state index contributed by atoms with van der Waals surface area (Å²) in [5.41, 5.74) is 2.88. The first-order valence-corrected chi connectivity index (χ1v) is 10.7. The first-order valence-electron chi connectivity index (χ1n) is 10.7. The molecule has 0 saturated carbocycles. The number of para-hydroxylation sites is 2. The van der Waals surface area contributed by atoms with Gasteiger partial charge in [-0.25, -0.2) is 4.99 Å². The van der Waals surface area contributed by atoms with Crippen LogP contribution >= 0.6 is 0 Å². The number of carbonyl (C=O) groups excluding carboxylic acids is 1. The van der Waals surface area contributed by atoms with E-state index >= 15 is 0 Å². The van der Waals surface area contributed by atoms with Gasteiger partial charge in [-0.3, -0.25) is 4.79 Å². The van der Waals surface area contributed by atoms with Crippen molar-refractivity contribution < 1.29 is 14.1 Å². The van der Waals surface area contributed by atoms with Crippen LogP contribution in [0.1, 0.15) is 44.2 Å². The lowest BCUT2D eigenvalue weighted by Gasteiger charge is -2.29. The highest BCUT2D eigenvalue weighted by molar-refractivity contribution is 5.97. The maximum absolute atomic E-state index is 12.3. The van der Waals surface area contributed by atoms with Gasteiger partial charge in [0.2, 0.25) is 0 Å². The van der Waals surface area contributed by atoms with Crippen molar-refractivity contribution in [3.8, 4) is 5.75 Å². The number of nitrogens with one attached hydrogen (secondary N) is 2. The van der Waals surface area contributed by atoms with E-state index in [9.17, 15) is 4.79 Å². The maximum atomic E-state index is 12.3. The van der Waals surface area contributed by atoms with E-state index in [1.807, 2.05) is 31.2 Å².